The lowest BCUT2D eigenvalue weighted by Crippen LogP contribution is -2.45. The summed E-state index contributed by atoms with van der Waals surface area (Å²) in [4.78, 5) is 13.2. The molecular formula is C21H26N2O5S2. The number of piperidine rings is 1. The number of sulfonamides is 1. The van der Waals surface area contributed by atoms with Crippen molar-refractivity contribution in [3.05, 3.63) is 60.2 Å². The van der Waals surface area contributed by atoms with E-state index in [-0.39, 0.29) is 28.3 Å². The quantitative estimate of drug-likeness (QED) is 0.728. The molecule has 1 N–H and O–H groups in total. The summed E-state index contributed by atoms with van der Waals surface area (Å²) in [5, 5.41) is 2.93. The second-order valence-electron chi connectivity index (χ2n) is 7.59. The van der Waals surface area contributed by atoms with Gasteiger partial charge in [-0.05, 0) is 49.6 Å². The molecule has 0 aliphatic carbocycles. The van der Waals surface area contributed by atoms with Crippen LogP contribution in [-0.4, -0.2) is 46.4 Å². The third-order valence-electron chi connectivity index (χ3n) is 5.30. The number of rotatable bonds is 6. The average molecular weight is 451 g/mol. The maximum Gasteiger partial charge on any atom is 0.243 e. The van der Waals surface area contributed by atoms with Crippen molar-refractivity contribution >= 4 is 25.8 Å². The Morgan fingerprint density at radius 3 is 2.23 bits per heavy atom. The van der Waals surface area contributed by atoms with Crippen LogP contribution in [0.5, 0.6) is 0 Å². The van der Waals surface area contributed by atoms with Crippen molar-refractivity contribution in [3.8, 4) is 0 Å². The normalized spacial score (nSPS) is 19.2. The zero-order valence-corrected chi connectivity index (χ0v) is 18.6. The van der Waals surface area contributed by atoms with Crippen LogP contribution >= 0.6 is 0 Å². The smallest absolute Gasteiger partial charge is 0.243 e. The lowest BCUT2D eigenvalue weighted by atomic mass is 9.98. The van der Waals surface area contributed by atoms with Crippen LogP contribution < -0.4 is 5.32 Å². The number of sulfone groups is 1. The van der Waals surface area contributed by atoms with Gasteiger partial charge in [0.25, 0.3) is 0 Å². The number of carbonyl (C=O) groups is 1. The van der Waals surface area contributed by atoms with Crippen LogP contribution in [0.3, 0.4) is 0 Å². The fourth-order valence-corrected chi connectivity index (χ4v) is 5.71. The summed E-state index contributed by atoms with van der Waals surface area (Å²) in [6.45, 7) is 2.35. The topological polar surface area (TPSA) is 101 Å². The minimum absolute atomic E-state index is 0.142. The van der Waals surface area contributed by atoms with E-state index in [2.05, 4.69) is 5.32 Å². The molecule has 0 spiro atoms. The Morgan fingerprint density at radius 2 is 1.63 bits per heavy atom. The summed E-state index contributed by atoms with van der Waals surface area (Å²) in [5.74, 6) is -0.641. The molecule has 1 aliphatic rings. The highest BCUT2D eigenvalue weighted by Gasteiger charge is 2.33. The number of amides is 1. The largest absolute Gasteiger partial charge is 0.349 e. The fraction of sp³-hybridized carbons (Fsp3) is 0.381. The lowest BCUT2D eigenvalue weighted by Gasteiger charge is -2.32. The Labute approximate surface area is 178 Å². The first kappa shape index (κ1) is 22.5. The summed E-state index contributed by atoms with van der Waals surface area (Å²) in [6, 6.07) is 14.3. The summed E-state index contributed by atoms with van der Waals surface area (Å²) in [7, 11) is -6.91. The Morgan fingerprint density at radius 1 is 1.00 bits per heavy atom. The van der Waals surface area contributed by atoms with Gasteiger partial charge in [-0.25, -0.2) is 16.8 Å². The molecule has 1 aliphatic heterocycles. The van der Waals surface area contributed by atoms with E-state index in [0.717, 1.165) is 11.8 Å². The van der Waals surface area contributed by atoms with Crippen LogP contribution in [0.1, 0.15) is 31.4 Å². The van der Waals surface area contributed by atoms with Gasteiger partial charge in [0.15, 0.2) is 9.84 Å². The molecule has 2 aromatic rings. The maximum absolute atomic E-state index is 12.9. The number of carbonyl (C=O) groups excluding carboxylic acids is 1. The first-order valence-electron chi connectivity index (χ1n) is 9.74. The second kappa shape index (κ2) is 8.87. The second-order valence-corrected chi connectivity index (χ2v) is 11.5. The predicted octanol–water partition coefficient (Wildman–Crippen LogP) is 2.37. The molecule has 2 aromatic carbocycles. The van der Waals surface area contributed by atoms with Crippen LogP contribution in [0.25, 0.3) is 0 Å². The molecule has 0 bridgehead atoms. The van der Waals surface area contributed by atoms with Crippen molar-refractivity contribution in [1.82, 2.24) is 9.62 Å². The van der Waals surface area contributed by atoms with Gasteiger partial charge in [0.1, 0.15) is 0 Å². The third kappa shape index (κ3) is 5.08. The highest BCUT2D eigenvalue weighted by molar-refractivity contribution is 7.90. The first-order chi connectivity index (χ1) is 14.1. The van der Waals surface area contributed by atoms with Crippen LogP contribution in [-0.2, 0) is 24.7 Å². The molecule has 162 valence electrons. The maximum atomic E-state index is 12.9. The van der Waals surface area contributed by atoms with Gasteiger partial charge in [0, 0.05) is 19.3 Å². The minimum Gasteiger partial charge on any atom is -0.349 e. The van der Waals surface area contributed by atoms with E-state index in [1.807, 2.05) is 6.92 Å². The Hall–Kier alpha value is -2.23. The van der Waals surface area contributed by atoms with Crippen molar-refractivity contribution in [1.29, 1.82) is 0 Å². The molecule has 1 fully saturated rings. The van der Waals surface area contributed by atoms with Crippen molar-refractivity contribution in [3.63, 3.8) is 0 Å². The third-order valence-corrected chi connectivity index (χ3v) is 8.31. The van der Waals surface area contributed by atoms with Crippen LogP contribution in [0.4, 0.5) is 0 Å². The molecule has 9 heteroatoms. The highest BCUT2D eigenvalue weighted by atomic mass is 32.2. The molecule has 1 amide bonds. The van der Waals surface area contributed by atoms with E-state index in [0.29, 0.717) is 19.4 Å². The predicted molar refractivity (Wildman–Crippen MR) is 114 cm³/mol. The molecule has 0 aromatic heterocycles. The summed E-state index contributed by atoms with van der Waals surface area (Å²) in [5.41, 5.74) is 0.778. The number of hydrogen-bond donors (Lipinski definition) is 1. The standard InChI is InChI=1S/C21H26N2O5S2/c1-16(17-10-12-19(13-11-17)29(2,25)26)22-21(24)18-7-6-14-23(15-18)30(27,28)20-8-4-3-5-9-20/h3-5,8-13,16,18H,6-7,14-15H2,1-2H3,(H,22,24)/t16-,18+/m1/s1. The van der Waals surface area contributed by atoms with Gasteiger partial charge in [-0.2, -0.15) is 4.31 Å². The molecule has 1 heterocycles. The van der Waals surface area contributed by atoms with Gasteiger partial charge in [0.05, 0.1) is 21.8 Å². The van der Waals surface area contributed by atoms with E-state index in [9.17, 15) is 21.6 Å². The Kier molecular flexibility index (Phi) is 6.64. The lowest BCUT2D eigenvalue weighted by molar-refractivity contribution is -0.126. The Bertz CT molecular complexity index is 1100. The molecule has 7 nitrogen and oxygen atoms in total. The molecule has 1 saturated heterocycles. The number of nitrogens with one attached hydrogen (secondary N) is 1. The van der Waals surface area contributed by atoms with E-state index < -0.39 is 25.8 Å². The molecule has 0 radical (unpaired) electrons. The number of benzene rings is 2. The SMILES string of the molecule is C[C@@H](NC(=O)[C@H]1CCCN(S(=O)(=O)c2ccccc2)C1)c1ccc(S(C)(=O)=O)cc1. The summed E-state index contributed by atoms with van der Waals surface area (Å²) >= 11 is 0. The molecule has 30 heavy (non-hydrogen) atoms. The average Bonchev–Trinajstić information content (AvgIpc) is 2.74. The van der Waals surface area contributed by atoms with Crippen molar-refractivity contribution in [2.45, 2.75) is 35.6 Å². The molecule has 0 unspecified atom stereocenters. The van der Waals surface area contributed by atoms with E-state index >= 15 is 0 Å². The molecule has 3 rings (SSSR count). The summed E-state index contributed by atoms with van der Waals surface area (Å²) < 4.78 is 50.3. The number of nitrogens with zero attached hydrogens (tertiary/aromatic N) is 1. The molecule has 0 saturated carbocycles. The van der Waals surface area contributed by atoms with Crippen LogP contribution in [0.2, 0.25) is 0 Å². The monoisotopic (exact) mass is 450 g/mol. The van der Waals surface area contributed by atoms with Gasteiger partial charge in [0.2, 0.25) is 15.9 Å². The van der Waals surface area contributed by atoms with Gasteiger partial charge in [-0.3, -0.25) is 4.79 Å². The molecule has 2 atom stereocenters. The fourth-order valence-electron chi connectivity index (χ4n) is 3.53. The Balaban J connectivity index is 1.67. The molecular weight excluding hydrogens is 424 g/mol. The van der Waals surface area contributed by atoms with E-state index in [1.165, 1.54) is 16.4 Å². The van der Waals surface area contributed by atoms with Gasteiger partial charge >= 0.3 is 0 Å². The van der Waals surface area contributed by atoms with Crippen molar-refractivity contribution < 1.29 is 21.6 Å². The first-order valence-corrected chi connectivity index (χ1v) is 13.1. The van der Waals surface area contributed by atoms with Crippen LogP contribution in [0.15, 0.2) is 64.4 Å². The zero-order chi connectivity index (χ0) is 21.9. The van der Waals surface area contributed by atoms with Crippen LogP contribution in [0, 0.1) is 5.92 Å². The summed E-state index contributed by atoms with van der Waals surface area (Å²) in [6.07, 6.45) is 2.37. The van der Waals surface area contributed by atoms with Gasteiger partial charge < -0.3 is 5.32 Å². The van der Waals surface area contributed by atoms with E-state index in [4.69, 9.17) is 0 Å². The zero-order valence-electron chi connectivity index (χ0n) is 17.0. The number of hydrogen-bond acceptors (Lipinski definition) is 5. The van der Waals surface area contributed by atoms with Gasteiger partial charge in [-0.1, -0.05) is 30.3 Å². The minimum atomic E-state index is -3.63. The van der Waals surface area contributed by atoms with Gasteiger partial charge in [-0.15, -0.1) is 0 Å². The highest BCUT2D eigenvalue weighted by Crippen LogP contribution is 2.25. The van der Waals surface area contributed by atoms with Crippen molar-refractivity contribution in [2.75, 3.05) is 19.3 Å². The van der Waals surface area contributed by atoms with E-state index in [1.54, 1.807) is 42.5 Å². The van der Waals surface area contributed by atoms with Crippen molar-refractivity contribution in [2.24, 2.45) is 5.92 Å².